The summed E-state index contributed by atoms with van der Waals surface area (Å²) in [5, 5.41) is 8.03. The van der Waals surface area contributed by atoms with Gasteiger partial charge in [-0.15, -0.1) is 0 Å². The molecule has 1 saturated heterocycles. The first kappa shape index (κ1) is 15.1. The van der Waals surface area contributed by atoms with Gasteiger partial charge in [0.1, 0.15) is 6.04 Å². The van der Waals surface area contributed by atoms with Gasteiger partial charge in [0, 0.05) is 49.0 Å². The van der Waals surface area contributed by atoms with Gasteiger partial charge in [-0.1, -0.05) is 12.1 Å². The van der Waals surface area contributed by atoms with E-state index in [4.69, 9.17) is 0 Å². The molecule has 2 aliphatic rings. The van der Waals surface area contributed by atoms with Crippen LogP contribution in [0.15, 0.2) is 36.7 Å². The fourth-order valence-electron chi connectivity index (χ4n) is 3.17. The fraction of sp³-hybridized carbons (Fsp3) is 0.389. The number of rotatable bonds is 3. The Kier molecular flexibility index (Phi) is 3.90. The predicted octanol–water partition coefficient (Wildman–Crippen LogP) is 0.927. The summed E-state index contributed by atoms with van der Waals surface area (Å²) in [5.41, 5.74) is 0.626. The molecular formula is C18H20N4O2. The highest BCUT2D eigenvalue weighted by Gasteiger charge is 2.35. The Bertz CT molecular complexity index is 782. The molecule has 0 spiro atoms. The molecule has 6 heteroatoms. The molecule has 1 aliphatic carbocycles. The van der Waals surface area contributed by atoms with Gasteiger partial charge in [-0.25, -0.2) is 0 Å². The molecule has 1 aliphatic heterocycles. The third kappa shape index (κ3) is 2.85. The van der Waals surface area contributed by atoms with Crippen LogP contribution >= 0.6 is 0 Å². The van der Waals surface area contributed by atoms with Crippen LogP contribution in [0.1, 0.15) is 23.2 Å². The van der Waals surface area contributed by atoms with E-state index >= 15 is 0 Å². The molecule has 1 saturated carbocycles. The van der Waals surface area contributed by atoms with E-state index in [1.165, 1.54) is 0 Å². The first-order chi connectivity index (χ1) is 11.7. The standard InChI is InChI=1S/C18H20N4O2/c23-17(21-13-4-5-13)16-11-20-8-9-22(16)18(24)15-3-1-2-12-10-19-7-6-14(12)15/h1-3,6-7,10,13,16,20H,4-5,8-9,11H2,(H,21,23)/t16-/m0/s1. The maximum absolute atomic E-state index is 13.1. The van der Waals surface area contributed by atoms with Crippen molar-refractivity contribution in [3.05, 3.63) is 42.2 Å². The first-order valence-corrected chi connectivity index (χ1v) is 8.39. The molecule has 1 atom stereocenters. The molecule has 0 radical (unpaired) electrons. The smallest absolute Gasteiger partial charge is 0.255 e. The van der Waals surface area contributed by atoms with Crippen molar-refractivity contribution in [1.82, 2.24) is 20.5 Å². The van der Waals surface area contributed by atoms with Gasteiger partial charge in [0.2, 0.25) is 5.91 Å². The van der Waals surface area contributed by atoms with Gasteiger partial charge in [0.15, 0.2) is 0 Å². The van der Waals surface area contributed by atoms with Gasteiger partial charge in [-0.05, 0) is 30.4 Å². The lowest BCUT2D eigenvalue weighted by Gasteiger charge is -2.35. The lowest BCUT2D eigenvalue weighted by atomic mass is 10.0. The van der Waals surface area contributed by atoms with Crippen LogP contribution in [-0.2, 0) is 4.79 Å². The minimum absolute atomic E-state index is 0.0556. The average molecular weight is 324 g/mol. The van der Waals surface area contributed by atoms with Crippen molar-refractivity contribution >= 4 is 22.6 Å². The maximum Gasteiger partial charge on any atom is 0.255 e. The van der Waals surface area contributed by atoms with Crippen molar-refractivity contribution in [2.45, 2.75) is 24.9 Å². The van der Waals surface area contributed by atoms with Crippen molar-refractivity contribution in [1.29, 1.82) is 0 Å². The maximum atomic E-state index is 13.1. The van der Waals surface area contributed by atoms with Crippen molar-refractivity contribution < 1.29 is 9.59 Å². The number of pyridine rings is 1. The van der Waals surface area contributed by atoms with Crippen LogP contribution in [0.3, 0.4) is 0 Å². The van der Waals surface area contributed by atoms with E-state index in [9.17, 15) is 9.59 Å². The lowest BCUT2D eigenvalue weighted by molar-refractivity contribution is -0.126. The number of benzene rings is 1. The Hall–Kier alpha value is -2.47. The zero-order valence-electron chi connectivity index (χ0n) is 13.4. The minimum Gasteiger partial charge on any atom is -0.352 e. The summed E-state index contributed by atoms with van der Waals surface area (Å²) in [5.74, 6) is -0.149. The third-order valence-electron chi connectivity index (χ3n) is 4.64. The van der Waals surface area contributed by atoms with Crippen LogP contribution in [0.25, 0.3) is 10.8 Å². The van der Waals surface area contributed by atoms with Crippen molar-refractivity contribution in [2.24, 2.45) is 0 Å². The molecule has 4 rings (SSSR count). The number of piperazine rings is 1. The largest absolute Gasteiger partial charge is 0.352 e. The monoisotopic (exact) mass is 324 g/mol. The lowest BCUT2D eigenvalue weighted by Crippen LogP contribution is -2.59. The van der Waals surface area contributed by atoms with Crippen molar-refractivity contribution in [3.63, 3.8) is 0 Å². The molecule has 0 unspecified atom stereocenters. The molecule has 24 heavy (non-hydrogen) atoms. The Morgan fingerprint density at radius 1 is 1.25 bits per heavy atom. The molecular weight excluding hydrogens is 304 g/mol. The second-order valence-corrected chi connectivity index (χ2v) is 6.40. The van der Waals surface area contributed by atoms with Gasteiger partial charge in [0.05, 0.1) is 0 Å². The zero-order valence-corrected chi connectivity index (χ0v) is 13.4. The Morgan fingerprint density at radius 3 is 2.96 bits per heavy atom. The number of hydrogen-bond acceptors (Lipinski definition) is 4. The van der Waals surface area contributed by atoms with E-state index in [-0.39, 0.29) is 11.8 Å². The summed E-state index contributed by atoms with van der Waals surface area (Å²) in [7, 11) is 0. The summed E-state index contributed by atoms with van der Waals surface area (Å²) in [6.45, 7) is 1.73. The van der Waals surface area contributed by atoms with Gasteiger partial charge in [0.25, 0.3) is 5.91 Å². The number of nitrogens with one attached hydrogen (secondary N) is 2. The van der Waals surface area contributed by atoms with E-state index in [1.807, 2.05) is 24.3 Å². The summed E-state index contributed by atoms with van der Waals surface area (Å²) in [6, 6.07) is 7.31. The van der Waals surface area contributed by atoms with Crippen molar-refractivity contribution in [2.75, 3.05) is 19.6 Å². The van der Waals surface area contributed by atoms with Crippen LogP contribution in [0.5, 0.6) is 0 Å². The number of carbonyl (C=O) groups excluding carboxylic acids is 2. The van der Waals surface area contributed by atoms with Crippen LogP contribution in [0.2, 0.25) is 0 Å². The highest BCUT2D eigenvalue weighted by Crippen LogP contribution is 2.22. The Balaban J connectivity index is 1.64. The van der Waals surface area contributed by atoms with Crippen LogP contribution in [0, 0.1) is 0 Å². The fourth-order valence-corrected chi connectivity index (χ4v) is 3.17. The summed E-state index contributed by atoms with van der Waals surface area (Å²) in [6.07, 6.45) is 5.52. The molecule has 0 bridgehead atoms. The van der Waals surface area contributed by atoms with E-state index < -0.39 is 6.04 Å². The van der Waals surface area contributed by atoms with E-state index in [1.54, 1.807) is 17.3 Å². The molecule has 6 nitrogen and oxygen atoms in total. The summed E-state index contributed by atoms with van der Waals surface area (Å²) in [4.78, 5) is 31.4. The quantitative estimate of drug-likeness (QED) is 0.881. The normalized spacial score (nSPS) is 20.8. The molecule has 2 N–H and O–H groups in total. The topological polar surface area (TPSA) is 74.3 Å². The van der Waals surface area contributed by atoms with E-state index in [2.05, 4.69) is 15.6 Å². The van der Waals surface area contributed by atoms with Gasteiger partial charge < -0.3 is 15.5 Å². The molecule has 1 aromatic heterocycles. The second-order valence-electron chi connectivity index (χ2n) is 6.40. The van der Waals surface area contributed by atoms with Gasteiger partial charge >= 0.3 is 0 Å². The third-order valence-corrected chi connectivity index (χ3v) is 4.64. The van der Waals surface area contributed by atoms with Gasteiger partial charge in [-0.2, -0.15) is 0 Å². The molecule has 2 fully saturated rings. The number of nitrogens with zero attached hydrogens (tertiary/aromatic N) is 2. The molecule has 1 aromatic carbocycles. The first-order valence-electron chi connectivity index (χ1n) is 8.39. The van der Waals surface area contributed by atoms with Crippen LogP contribution in [0.4, 0.5) is 0 Å². The summed E-state index contributed by atoms with van der Waals surface area (Å²) >= 11 is 0. The predicted molar refractivity (Wildman–Crippen MR) is 90.6 cm³/mol. The highest BCUT2D eigenvalue weighted by atomic mass is 16.2. The Morgan fingerprint density at radius 2 is 2.12 bits per heavy atom. The van der Waals surface area contributed by atoms with Crippen LogP contribution in [-0.4, -0.2) is 53.4 Å². The SMILES string of the molecule is O=C(NC1CC1)[C@@H]1CNCCN1C(=O)c1cccc2cnccc12. The van der Waals surface area contributed by atoms with E-state index in [0.29, 0.717) is 31.2 Å². The number of fused-ring (bicyclic) bond motifs is 1. The molecule has 2 amide bonds. The Labute approximate surface area is 140 Å². The molecule has 2 heterocycles. The number of carbonyl (C=O) groups is 2. The van der Waals surface area contributed by atoms with Crippen LogP contribution < -0.4 is 10.6 Å². The highest BCUT2D eigenvalue weighted by molar-refractivity contribution is 6.08. The molecule has 2 aromatic rings. The number of hydrogen-bond donors (Lipinski definition) is 2. The van der Waals surface area contributed by atoms with Gasteiger partial charge in [-0.3, -0.25) is 14.6 Å². The minimum atomic E-state index is -0.455. The summed E-state index contributed by atoms with van der Waals surface area (Å²) < 4.78 is 0. The van der Waals surface area contributed by atoms with Crippen molar-refractivity contribution in [3.8, 4) is 0 Å². The second kappa shape index (κ2) is 6.20. The average Bonchev–Trinajstić information content (AvgIpc) is 3.44. The number of aromatic nitrogens is 1. The zero-order chi connectivity index (χ0) is 16.5. The molecule has 124 valence electrons. The number of amides is 2. The van der Waals surface area contributed by atoms with E-state index in [0.717, 1.165) is 23.6 Å².